The van der Waals surface area contributed by atoms with Gasteiger partial charge in [-0.15, -0.1) is 10.2 Å². The summed E-state index contributed by atoms with van der Waals surface area (Å²) in [7, 11) is 0. The zero-order valence-corrected chi connectivity index (χ0v) is 13.6. The molecule has 22 heavy (non-hydrogen) atoms. The van der Waals surface area contributed by atoms with Crippen LogP contribution >= 0.6 is 0 Å². The van der Waals surface area contributed by atoms with Crippen LogP contribution in [0.5, 0.6) is 0 Å². The number of rotatable bonds is 3. The van der Waals surface area contributed by atoms with Crippen LogP contribution in [-0.4, -0.2) is 32.9 Å². The molecule has 0 radical (unpaired) electrons. The van der Waals surface area contributed by atoms with E-state index in [1.807, 2.05) is 0 Å². The van der Waals surface area contributed by atoms with E-state index >= 15 is 0 Å². The summed E-state index contributed by atoms with van der Waals surface area (Å²) in [6.07, 6.45) is 7.82. The number of nitrogens with one attached hydrogen (secondary N) is 2. The molecular formula is C16H27N5O. The molecule has 0 unspecified atom stereocenters. The predicted octanol–water partition coefficient (Wildman–Crippen LogP) is 2.35. The van der Waals surface area contributed by atoms with Crippen LogP contribution in [0.3, 0.4) is 0 Å². The smallest absolute Gasteiger partial charge is 0.315 e. The third-order valence-corrected chi connectivity index (χ3v) is 4.77. The second-order valence-electron chi connectivity index (χ2n) is 6.93. The number of nitrogens with zero attached hydrogens (tertiary/aromatic N) is 3. The average Bonchev–Trinajstić information content (AvgIpc) is 2.91. The first-order valence-electron chi connectivity index (χ1n) is 8.62. The Morgan fingerprint density at radius 3 is 2.55 bits per heavy atom. The Morgan fingerprint density at radius 2 is 1.82 bits per heavy atom. The van der Waals surface area contributed by atoms with Crippen molar-refractivity contribution in [1.29, 1.82) is 0 Å². The molecule has 6 heteroatoms. The number of aryl methyl sites for hydroxylation is 1. The molecule has 2 heterocycles. The SMILES string of the molecule is CC(C)c1nnc2n1C[C@@H](NC(=O)NC1CCCCC1)CC2. The van der Waals surface area contributed by atoms with Gasteiger partial charge in [-0.2, -0.15) is 0 Å². The van der Waals surface area contributed by atoms with E-state index in [1.165, 1.54) is 19.3 Å². The molecule has 6 nitrogen and oxygen atoms in total. The molecule has 122 valence electrons. The lowest BCUT2D eigenvalue weighted by molar-refractivity contribution is 0.224. The Morgan fingerprint density at radius 1 is 1.09 bits per heavy atom. The molecule has 2 amide bonds. The topological polar surface area (TPSA) is 71.8 Å². The molecular weight excluding hydrogens is 278 g/mol. The molecule has 1 atom stereocenters. The fourth-order valence-corrected chi connectivity index (χ4v) is 3.55. The highest BCUT2D eigenvalue weighted by Gasteiger charge is 2.25. The molecule has 0 bridgehead atoms. The lowest BCUT2D eigenvalue weighted by Crippen LogP contribution is -2.49. The summed E-state index contributed by atoms with van der Waals surface area (Å²) < 4.78 is 2.18. The summed E-state index contributed by atoms with van der Waals surface area (Å²) in [4.78, 5) is 12.2. The van der Waals surface area contributed by atoms with Gasteiger partial charge in [0.25, 0.3) is 0 Å². The lowest BCUT2D eigenvalue weighted by Gasteiger charge is -2.28. The Bertz CT molecular complexity index is 519. The molecule has 0 saturated heterocycles. The van der Waals surface area contributed by atoms with Crippen molar-refractivity contribution in [3.63, 3.8) is 0 Å². The van der Waals surface area contributed by atoms with E-state index in [0.717, 1.165) is 43.9 Å². The van der Waals surface area contributed by atoms with E-state index in [4.69, 9.17) is 0 Å². The summed E-state index contributed by atoms with van der Waals surface area (Å²) >= 11 is 0. The van der Waals surface area contributed by atoms with Gasteiger partial charge < -0.3 is 15.2 Å². The monoisotopic (exact) mass is 305 g/mol. The number of amides is 2. The quantitative estimate of drug-likeness (QED) is 0.900. The highest BCUT2D eigenvalue weighted by molar-refractivity contribution is 5.74. The summed E-state index contributed by atoms with van der Waals surface area (Å²) in [5.74, 6) is 2.43. The summed E-state index contributed by atoms with van der Waals surface area (Å²) in [6, 6.07) is 0.512. The first kappa shape index (κ1) is 15.3. The third-order valence-electron chi connectivity index (χ3n) is 4.77. The summed E-state index contributed by atoms with van der Waals surface area (Å²) in [5, 5.41) is 14.8. The number of hydrogen-bond donors (Lipinski definition) is 2. The molecule has 1 saturated carbocycles. The minimum atomic E-state index is -0.0143. The van der Waals surface area contributed by atoms with Crippen LogP contribution in [0.1, 0.15) is 69.9 Å². The number of carbonyl (C=O) groups excluding carboxylic acids is 1. The van der Waals surface area contributed by atoms with E-state index < -0.39 is 0 Å². The highest BCUT2D eigenvalue weighted by atomic mass is 16.2. The molecule has 0 spiro atoms. The number of fused-ring (bicyclic) bond motifs is 1. The Kier molecular flexibility index (Phi) is 4.64. The van der Waals surface area contributed by atoms with E-state index in [0.29, 0.717) is 12.0 Å². The molecule has 1 fully saturated rings. The largest absolute Gasteiger partial charge is 0.335 e. The molecule has 1 aromatic heterocycles. The van der Waals surface area contributed by atoms with Gasteiger partial charge >= 0.3 is 6.03 Å². The van der Waals surface area contributed by atoms with Crippen LogP contribution in [0.15, 0.2) is 0 Å². The maximum atomic E-state index is 12.2. The van der Waals surface area contributed by atoms with E-state index in [-0.39, 0.29) is 12.1 Å². The van der Waals surface area contributed by atoms with Crippen LogP contribution in [-0.2, 0) is 13.0 Å². The molecule has 2 N–H and O–H groups in total. The van der Waals surface area contributed by atoms with Crippen LogP contribution in [0.25, 0.3) is 0 Å². The standard InChI is InChI=1S/C16H27N5O/c1-11(2)15-20-19-14-9-8-13(10-21(14)15)18-16(22)17-12-6-4-3-5-7-12/h11-13H,3-10H2,1-2H3,(H2,17,18,22)/t13-/m0/s1. The molecule has 3 rings (SSSR count). The van der Waals surface area contributed by atoms with Crippen LogP contribution in [0.4, 0.5) is 4.79 Å². The number of urea groups is 1. The summed E-state index contributed by atoms with van der Waals surface area (Å²) in [5.41, 5.74) is 0. The van der Waals surface area contributed by atoms with Gasteiger partial charge in [0.1, 0.15) is 11.6 Å². The second-order valence-corrected chi connectivity index (χ2v) is 6.93. The predicted molar refractivity (Wildman–Crippen MR) is 84.8 cm³/mol. The van der Waals surface area contributed by atoms with Crippen molar-refractivity contribution < 1.29 is 4.79 Å². The number of carbonyl (C=O) groups is 1. The number of hydrogen-bond acceptors (Lipinski definition) is 3. The fourth-order valence-electron chi connectivity index (χ4n) is 3.55. The Hall–Kier alpha value is -1.59. The van der Waals surface area contributed by atoms with E-state index in [9.17, 15) is 4.79 Å². The Labute approximate surface area is 132 Å². The molecule has 1 aliphatic heterocycles. The van der Waals surface area contributed by atoms with Gasteiger partial charge in [0.05, 0.1) is 0 Å². The van der Waals surface area contributed by atoms with Gasteiger partial charge in [-0.1, -0.05) is 33.1 Å². The molecule has 1 aliphatic carbocycles. The lowest BCUT2D eigenvalue weighted by atomic mass is 9.96. The zero-order valence-electron chi connectivity index (χ0n) is 13.6. The fraction of sp³-hybridized carbons (Fsp3) is 0.812. The normalized spacial score (nSPS) is 22.4. The van der Waals surface area contributed by atoms with Crippen LogP contribution < -0.4 is 10.6 Å². The van der Waals surface area contributed by atoms with Gasteiger partial charge in [-0.3, -0.25) is 0 Å². The van der Waals surface area contributed by atoms with Crippen LogP contribution in [0.2, 0.25) is 0 Å². The van der Waals surface area contributed by atoms with Gasteiger partial charge in [0.2, 0.25) is 0 Å². The summed E-state index contributed by atoms with van der Waals surface area (Å²) in [6.45, 7) is 5.04. The highest BCUT2D eigenvalue weighted by Crippen LogP contribution is 2.20. The van der Waals surface area contributed by atoms with Gasteiger partial charge in [-0.25, -0.2) is 4.79 Å². The van der Waals surface area contributed by atoms with Crippen molar-refractivity contribution in [2.75, 3.05) is 0 Å². The molecule has 0 aromatic carbocycles. The van der Waals surface area contributed by atoms with Gasteiger partial charge in [-0.05, 0) is 19.3 Å². The van der Waals surface area contributed by atoms with Gasteiger partial charge in [0.15, 0.2) is 0 Å². The maximum absolute atomic E-state index is 12.2. The Balaban J connectivity index is 1.55. The van der Waals surface area contributed by atoms with Gasteiger partial charge in [0, 0.05) is 31.0 Å². The second kappa shape index (κ2) is 6.67. The van der Waals surface area contributed by atoms with Crippen molar-refractivity contribution in [3.8, 4) is 0 Å². The minimum absolute atomic E-state index is 0.0143. The van der Waals surface area contributed by atoms with Crippen molar-refractivity contribution in [1.82, 2.24) is 25.4 Å². The average molecular weight is 305 g/mol. The minimum Gasteiger partial charge on any atom is -0.335 e. The van der Waals surface area contributed by atoms with E-state index in [2.05, 4.69) is 39.2 Å². The third kappa shape index (κ3) is 3.42. The van der Waals surface area contributed by atoms with Crippen molar-refractivity contribution in [2.45, 2.75) is 83.3 Å². The van der Waals surface area contributed by atoms with Crippen LogP contribution in [0, 0.1) is 0 Å². The maximum Gasteiger partial charge on any atom is 0.315 e. The van der Waals surface area contributed by atoms with Crippen molar-refractivity contribution in [3.05, 3.63) is 11.6 Å². The first-order chi connectivity index (χ1) is 10.6. The van der Waals surface area contributed by atoms with Crippen molar-refractivity contribution in [2.24, 2.45) is 0 Å². The molecule has 2 aliphatic rings. The molecule has 1 aromatic rings. The number of aromatic nitrogens is 3. The zero-order chi connectivity index (χ0) is 15.5. The van der Waals surface area contributed by atoms with E-state index in [1.54, 1.807) is 0 Å². The first-order valence-corrected chi connectivity index (χ1v) is 8.62. The van der Waals surface area contributed by atoms with Crippen molar-refractivity contribution >= 4 is 6.03 Å².